The standard InChI is InChI=1S/C11H14O4/c1-3-7(2)11(14)15-9-6-4-5-8(12)10(9)13/h4-7,12-13H,3H2,1-2H3. The van der Waals surface area contributed by atoms with Crippen molar-refractivity contribution in [3.8, 4) is 17.2 Å². The van der Waals surface area contributed by atoms with Gasteiger partial charge in [-0.1, -0.05) is 19.9 Å². The van der Waals surface area contributed by atoms with Crippen molar-refractivity contribution >= 4 is 5.97 Å². The zero-order valence-electron chi connectivity index (χ0n) is 8.73. The van der Waals surface area contributed by atoms with E-state index in [2.05, 4.69) is 0 Å². The van der Waals surface area contributed by atoms with Crippen LogP contribution >= 0.6 is 0 Å². The monoisotopic (exact) mass is 210 g/mol. The minimum atomic E-state index is -0.418. The first kappa shape index (κ1) is 11.4. The zero-order chi connectivity index (χ0) is 11.4. The first-order valence-electron chi connectivity index (χ1n) is 4.78. The van der Waals surface area contributed by atoms with Crippen LogP contribution in [0.3, 0.4) is 0 Å². The van der Waals surface area contributed by atoms with Crippen LogP contribution < -0.4 is 4.74 Å². The van der Waals surface area contributed by atoms with E-state index in [0.717, 1.165) is 0 Å². The summed E-state index contributed by atoms with van der Waals surface area (Å²) in [5, 5.41) is 18.5. The maximum Gasteiger partial charge on any atom is 0.314 e. The van der Waals surface area contributed by atoms with Crippen LogP contribution in [0.5, 0.6) is 17.2 Å². The Kier molecular flexibility index (Phi) is 3.55. The van der Waals surface area contributed by atoms with Gasteiger partial charge in [-0.2, -0.15) is 0 Å². The van der Waals surface area contributed by atoms with Crippen LogP contribution in [-0.2, 0) is 4.79 Å². The molecule has 15 heavy (non-hydrogen) atoms. The summed E-state index contributed by atoms with van der Waals surface area (Å²) >= 11 is 0. The van der Waals surface area contributed by atoms with Crippen LogP contribution in [0.15, 0.2) is 18.2 Å². The van der Waals surface area contributed by atoms with Gasteiger partial charge >= 0.3 is 5.97 Å². The molecular weight excluding hydrogens is 196 g/mol. The van der Waals surface area contributed by atoms with Crippen molar-refractivity contribution in [2.45, 2.75) is 20.3 Å². The molecule has 0 aliphatic rings. The Morgan fingerprint density at radius 2 is 2.13 bits per heavy atom. The van der Waals surface area contributed by atoms with Crippen molar-refractivity contribution in [1.29, 1.82) is 0 Å². The molecule has 0 amide bonds. The molecular formula is C11H14O4. The van der Waals surface area contributed by atoms with Crippen LogP contribution in [0.25, 0.3) is 0 Å². The predicted octanol–water partition coefficient (Wildman–Crippen LogP) is 2.05. The lowest BCUT2D eigenvalue weighted by Crippen LogP contribution is -2.16. The molecule has 0 saturated heterocycles. The number of esters is 1. The van der Waals surface area contributed by atoms with Crippen molar-refractivity contribution in [2.24, 2.45) is 5.92 Å². The Balaban J connectivity index is 2.81. The van der Waals surface area contributed by atoms with E-state index in [1.54, 1.807) is 6.92 Å². The number of hydrogen-bond acceptors (Lipinski definition) is 4. The third-order valence-electron chi connectivity index (χ3n) is 2.20. The summed E-state index contributed by atoms with van der Waals surface area (Å²) in [6, 6.07) is 4.24. The number of para-hydroxylation sites is 1. The molecule has 2 N–H and O–H groups in total. The minimum absolute atomic E-state index is 0.0136. The lowest BCUT2D eigenvalue weighted by Gasteiger charge is -2.10. The summed E-state index contributed by atoms with van der Waals surface area (Å²) < 4.78 is 4.93. The number of carbonyl (C=O) groups is 1. The smallest absolute Gasteiger partial charge is 0.314 e. The summed E-state index contributed by atoms with van der Waals surface area (Å²) in [6.45, 7) is 3.61. The molecule has 0 heterocycles. The molecule has 0 aliphatic heterocycles. The molecule has 0 aromatic heterocycles. The molecule has 82 valence electrons. The molecule has 4 heteroatoms. The second-order valence-corrected chi connectivity index (χ2v) is 3.35. The summed E-state index contributed by atoms with van der Waals surface area (Å²) in [7, 11) is 0. The second-order valence-electron chi connectivity index (χ2n) is 3.35. The molecule has 0 aliphatic carbocycles. The van der Waals surface area contributed by atoms with Crippen LogP contribution in [0.4, 0.5) is 0 Å². The van der Waals surface area contributed by atoms with Crippen LogP contribution in [0, 0.1) is 5.92 Å². The van der Waals surface area contributed by atoms with Gasteiger partial charge in [0, 0.05) is 0 Å². The van der Waals surface area contributed by atoms with Gasteiger partial charge in [-0.3, -0.25) is 4.79 Å². The van der Waals surface area contributed by atoms with Gasteiger partial charge < -0.3 is 14.9 Å². The number of hydrogen-bond donors (Lipinski definition) is 2. The van der Waals surface area contributed by atoms with Gasteiger partial charge in [0.1, 0.15) is 0 Å². The number of rotatable bonds is 3. The summed E-state index contributed by atoms with van der Waals surface area (Å²) in [5.74, 6) is -1.37. The van der Waals surface area contributed by atoms with Gasteiger partial charge in [0.2, 0.25) is 5.75 Å². The molecule has 0 fully saturated rings. The van der Waals surface area contributed by atoms with Crippen LogP contribution in [0.2, 0.25) is 0 Å². The highest BCUT2D eigenvalue weighted by molar-refractivity contribution is 5.75. The summed E-state index contributed by atoms with van der Waals surface area (Å²) in [6.07, 6.45) is 0.665. The van der Waals surface area contributed by atoms with Gasteiger partial charge in [0.15, 0.2) is 11.5 Å². The Morgan fingerprint density at radius 1 is 1.47 bits per heavy atom. The summed E-state index contributed by atoms with van der Waals surface area (Å²) in [5.41, 5.74) is 0. The van der Waals surface area contributed by atoms with Crippen LogP contribution in [0.1, 0.15) is 20.3 Å². The molecule has 4 nitrogen and oxygen atoms in total. The molecule has 1 aromatic carbocycles. The fraction of sp³-hybridized carbons (Fsp3) is 0.364. The van der Waals surface area contributed by atoms with E-state index in [9.17, 15) is 9.90 Å². The van der Waals surface area contributed by atoms with E-state index in [1.165, 1.54) is 18.2 Å². The molecule has 1 rings (SSSR count). The van der Waals surface area contributed by atoms with E-state index < -0.39 is 11.7 Å². The Hall–Kier alpha value is -1.71. The number of ether oxygens (including phenoxy) is 1. The van der Waals surface area contributed by atoms with Crippen molar-refractivity contribution in [3.63, 3.8) is 0 Å². The first-order chi connectivity index (χ1) is 7.06. The van der Waals surface area contributed by atoms with Gasteiger partial charge in [0.05, 0.1) is 5.92 Å². The second kappa shape index (κ2) is 4.68. The van der Waals surface area contributed by atoms with Crippen molar-refractivity contribution in [1.82, 2.24) is 0 Å². The average molecular weight is 210 g/mol. The fourth-order valence-electron chi connectivity index (χ4n) is 0.969. The topological polar surface area (TPSA) is 66.8 Å². The van der Waals surface area contributed by atoms with Gasteiger partial charge in [-0.05, 0) is 18.6 Å². The Labute approximate surface area is 88.1 Å². The number of aromatic hydroxyl groups is 2. The predicted molar refractivity (Wildman–Crippen MR) is 54.9 cm³/mol. The number of benzene rings is 1. The summed E-state index contributed by atoms with van der Waals surface area (Å²) in [4.78, 5) is 11.4. The van der Waals surface area contributed by atoms with Crippen molar-refractivity contribution in [3.05, 3.63) is 18.2 Å². The highest BCUT2D eigenvalue weighted by atomic mass is 16.5. The van der Waals surface area contributed by atoms with Crippen LogP contribution in [-0.4, -0.2) is 16.2 Å². The number of carbonyl (C=O) groups excluding carboxylic acids is 1. The maximum atomic E-state index is 11.4. The van der Waals surface area contributed by atoms with E-state index in [-0.39, 0.29) is 17.4 Å². The zero-order valence-corrected chi connectivity index (χ0v) is 8.73. The molecule has 0 spiro atoms. The number of phenols is 2. The first-order valence-corrected chi connectivity index (χ1v) is 4.78. The van der Waals surface area contributed by atoms with E-state index in [1.807, 2.05) is 6.92 Å². The third kappa shape index (κ3) is 2.62. The SMILES string of the molecule is CCC(C)C(=O)Oc1cccc(O)c1O. The molecule has 1 atom stereocenters. The highest BCUT2D eigenvalue weighted by Gasteiger charge is 2.16. The van der Waals surface area contributed by atoms with Gasteiger partial charge in [-0.15, -0.1) is 0 Å². The van der Waals surface area contributed by atoms with Gasteiger partial charge in [0.25, 0.3) is 0 Å². The van der Waals surface area contributed by atoms with E-state index in [4.69, 9.17) is 9.84 Å². The molecule has 0 bridgehead atoms. The fourth-order valence-corrected chi connectivity index (χ4v) is 0.969. The van der Waals surface area contributed by atoms with Crippen molar-refractivity contribution in [2.75, 3.05) is 0 Å². The van der Waals surface area contributed by atoms with E-state index in [0.29, 0.717) is 6.42 Å². The minimum Gasteiger partial charge on any atom is -0.504 e. The normalized spacial score (nSPS) is 12.1. The molecule has 1 unspecified atom stereocenters. The lowest BCUT2D eigenvalue weighted by atomic mass is 10.1. The van der Waals surface area contributed by atoms with E-state index >= 15 is 0 Å². The third-order valence-corrected chi connectivity index (χ3v) is 2.20. The lowest BCUT2D eigenvalue weighted by molar-refractivity contribution is -0.138. The highest BCUT2D eigenvalue weighted by Crippen LogP contribution is 2.34. The quantitative estimate of drug-likeness (QED) is 0.455. The average Bonchev–Trinajstić information content (AvgIpc) is 2.23. The molecule has 1 aromatic rings. The van der Waals surface area contributed by atoms with Gasteiger partial charge in [-0.25, -0.2) is 0 Å². The number of phenolic OH excluding ortho intramolecular Hbond substituents is 2. The Morgan fingerprint density at radius 3 is 2.73 bits per heavy atom. The Bertz CT molecular complexity index is 360. The molecule has 0 radical (unpaired) electrons. The largest absolute Gasteiger partial charge is 0.504 e. The van der Waals surface area contributed by atoms with Crippen molar-refractivity contribution < 1.29 is 19.7 Å². The molecule has 0 saturated carbocycles. The maximum absolute atomic E-state index is 11.4.